The number of halogens is 1. The van der Waals surface area contributed by atoms with Crippen LogP contribution in [0.5, 0.6) is 0 Å². The average molecular weight is 268 g/mol. The van der Waals surface area contributed by atoms with Gasteiger partial charge in [0.15, 0.2) is 0 Å². The first kappa shape index (κ1) is 13.0. The fourth-order valence-electron chi connectivity index (χ4n) is 1.92. The molecule has 0 spiro atoms. The minimum absolute atomic E-state index is 0.107. The van der Waals surface area contributed by atoms with Crippen molar-refractivity contribution in [2.75, 3.05) is 7.11 Å². The summed E-state index contributed by atoms with van der Waals surface area (Å²) in [5.41, 5.74) is -0.754. The number of nitro groups is 1. The summed E-state index contributed by atoms with van der Waals surface area (Å²) in [5.74, 6) is -2.04. The zero-order chi connectivity index (χ0) is 14.2. The molecule has 100 valence electrons. The Morgan fingerprint density at radius 1 is 1.58 bits per heavy atom. The van der Waals surface area contributed by atoms with Gasteiger partial charge in [0, 0.05) is 18.6 Å². The van der Waals surface area contributed by atoms with E-state index in [-0.39, 0.29) is 29.0 Å². The molecule has 19 heavy (non-hydrogen) atoms. The molecule has 7 nitrogen and oxygen atoms in total. The number of hydrogen-bond donors (Lipinski definition) is 1. The van der Waals surface area contributed by atoms with Gasteiger partial charge in [-0.1, -0.05) is 0 Å². The van der Waals surface area contributed by atoms with Crippen LogP contribution in [0.4, 0.5) is 10.1 Å². The molecule has 1 N–H and O–H groups in total. The maximum absolute atomic E-state index is 13.7. The zero-order valence-electron chi connectivity index (χ0n) is 9.79. The molecule has 0 unspecified atom stereocenters. The van der Waals surface area contributed by atoms with Crippen molar-refractivity contribution in [3.8, 4) is 0 Å². The standard InChI is InChI=1S/C11H9FN2O5/c1-19-5-13-9(11(15)16)4-6-7(12)2-3-8(10(6)13)14(17)18/h2-4H,5H2,1H3,(H,15,16). The molecule has 0 amide bonds. The number of rotatable bonds is 4. The Hall–Kier alpha value is -2.48. The fourth-order valence-corrected chi connectivity index (χ4v) is 1.92. The normalized spacial score (nSPS) is 10.8. The molecule has 2 rings (SSSR count). The lowest BCUT2D eigenvalue weighted by atomic mass is 10.2. The molecule has 0 aliphatic heterocycles. The molecule has 1 aromatic heterocycles. The number of carboxylic acids is 1. The van der Waals surface area contributed by atoms with Crippen molar-refractivity contribution >= 4 is 22.6 Å². The fraction of sp³-hybridized carbons (Fsp3) is 0.182. The molecular weight excluding hydrogens is 259 g/mol. The number of nitrogens with zero attached hydrogens (tertiary/aromatic N) is 2. The highest BCUT2D eigenvalue weighted by atomic mass is 19.1. The number of nitro benzene ring substituents is 1. The number of carbonyl (C=O) groups is 1. The Morgan fingerprint density at radius 3 is 2.79 bits per heavy atom. The number of carboxylic acid groups (broad SMARTS) is 1. The molecule has 1 aromatic carbocycles. The van der Waals surface area contributed by atoms with E-state index >= 15 is 0 Å². The van der Waals surface area contributed by atoms with Gasteiger partial charge in [0.2, 0.25) is 0 Å². The van der Waals surface area contributed by atoms with Crippen LogP contribution in [0, 0.1) is 15.9 Å². The molecule has 0 aliphatic carbocycles. The Kier molecular flexibility index (Phi) is 3.17. The molecule has 2 aromatic rings. The maximum Gasteiger partial charge on any atom is 0.352 e. The van der Waals surface area contributed by atoms with E-state index < -0.39 is 16.7 Å². The Morgan fingerprint density at radius 2 is 2.26 bits per heavy atom. The van der Waals surface area contributed by atoms with Crippen LogP contribution in [-0.4, -0.2) is 27.7 Å². The third-order valence-corrected chi connectivity index (χ3v) is 2.66. The van der Waals surface area contributed by atoms with Gasteiger partial charge in [0.1, 0.15) is 23.8 Å². The first-order chi connectivity index (χ1) is 8.97. The Balaban J connectivity index is 2.91. The molecule has 8 heteroatoms. The minimum Gasteiger partial charge on any atom is -0.477 e. The predicted octanol–water partition coefficient (Wildman–Crippen LogP) is 1.99. The number of methoxy groups -OCH3 is 1. The SMILES string of the molecule is COCn1c(C(=O)O)cc2c(F)ccc([N+](=O)[O-])c21. The monoisotopic (exact) mass is 268 g/mol. The molecular formula is C11H9FN2O5. The van der Waals surface area contributed by atoms with Gasteiger partial charge < -0.3 is 14.4 Å². The predicted molar refractivity (Wildman–Crippen MR) is 62.5 cm³/mol. The third-order valence-electron chi connectivity index (χ3n) is 2.66. The van der Waals surface area contributed by atoms with Gasteiger partial charge >= 0.3 is 5.97 Å². The van der Waals surface area contributed by atoms with Crippen LogP contribution in [0.2, 0.25) is 0 Å². The summed E-state index contributed by atoms with van der Waals surface area (Å²) in [6.07, 6.45) is 0. The third kappa shape index (κ3) is 2.02. The second-order valence-electron chi connectivity index (χ2n) is 3.77. The smallest absolute Gasteiger partial charge is 0.352 e. The summed E-state index contributed by atoms with van der Waals surface area (Å²) < 4.78 is 19.5. The summed E-state index contributed by atoms with van der Waals surface area (Å²) in [7, 11) is 1.31. The highest BCUT2D eigenvalue weighted by Crippen LogP contribution is 2.31. The topological polar surface area (TPSA) is 94.6 Å². The van der Waals surface area contributed by atoms with Crippen molar-refractivity contribution in [2.45, 2.75) is 6.73 Å². The van der Waals surface area contributed by atoms with Crippen LogP contribution in [0.15, 0.2) is 18.2 Å². The van der Waals surface area contributed by atoms with Crippen molar-refractivity contribution < 1.29 is 24.0 Å². The number of ether oxygens (including phenoxy) is 1. The van der Waals surface area contributed by atoms with E-state index in [9.17, 15) is 19.3 Å². The van der Waals surface area contributed by atoms with Gasteiger partial charge in [-0.25, -0.2) is 9.18 Å². The van der Waals surface area contributed by atoms with E-state index in [1.54, 1.807) is 0 Å². The zero-order valence-corrected chi connectivity index (χ0v) is 9.79. The summed E-state index contributed by atoms with van der Waals surface area (Å²) in [5, 5.41) is 19.9. The van der Waals surface area contributed by atoms with Crippen LogP contribution in [-0.2, 0) is 11.5 Å². The van der Waals surface area contributed by atoms with E-state index in [2.05, 4.69) is 0 Å². The summed E-state index contributed by atoms with van der Waals surface area (Å²) in [4.78, 5) is 21.3. The molecule has 0 atom stereocenters. The highest BCUT2D eigenvalue weighted by molar-refractivity contribution is 5.98. The van der Waals surface area contributed by atoms with Gasteiger partial charge in [0.25, 0.3) is 5.69 Å². The molecule has 0 saturated heterocycles. The van der Waals surface area contributed by atoms with Crippen molar-refractivity contribution in [1.29, 1.82) is 0 Å². The van der Waals surface area contributed by atoms with Crippen LogP contribution < -0.4 is 0 Å². The molecule has 0 saturated carbocycles. The van der Waals surface area contributed by atoms with E-state index in [0.29, 0.717) is 0 Å². The van der Waals surface area contributed by atoms with E-state index in [0.717, 1.165) is 22.8 Å². The van der Waals surface area contributed by atoms with Crippen LogP contribution in [0.1, 0.15) is 10.5 Å². The molecule has 1 heterocycles. The first-order valence-corrected chi connectivity index (χ1v) is 5.15. The van der Waals surface area contributed by atoms with E-state index in [1.807, 2.05) is 0 Å². The number of benzene rings is 1. The lowest BCUT2D eigenvalue weighted by Crippen LogP contribution is -2.10. The number of hydrogen-bond acceptors (Lipinski definition) is 4. The summed E-state index contributed by atoms with van der Waals surface area (Å²) >= 11 is 0. The van der Waals surface area contributed by atoms with Crippen LogP contribution in [0.3, 0.4) is 0 Å². The maximum atomic E-state index is 13.7. The quantitative estimate of drug-likeness (QED) is 0.675. The van der Waals surface area contributed by atoms with Gasteiger partial charge in [-0.05, 0) is 12.1 Å². The van der Waals surface area contributed by atoms with E-state index in [4.69, 9.17) is 9.84 Å². The molecule has 0 radical (unpaired) electrons. The highest BCUT2D eigenvalue weighted by Gasteiger charge is 2.24. The number of non-ortho nitro benzene ring substituents is 1. The van der Waals surface area contributed by atoms with Gasteiger partial charge in [-0.15, -0.1) is 0 Å². The molecule has 0 aliphatic rings. The molecule has 0 fully saturated rings. The first-order valence-electron chi connectivity index (χ1n) is 5.15. The second kappa shape index (κ2) is 4.65. The Labute approximate surface area is 106 Å². The number of fused-ring (bicyclic) bond motifs is 1. The summed E-state index contributed by atoms with van der Waals surface area (Å²) in [6.45, 7) is -0.227. The van der Waals surface area contributed by atoms with Crippen molar-refractivity contribution in [3.05, 3.63) is 39.8 Å². The van der Waals surface area contributed by atoms with Gasteiger partial charge in [-0.3, -0.25) is 10.1 Å². The Bertz CT molecular complexity index is 679. The number of aromatic carboxylic acids is 1. The van der Waals surface area contributed by atoms with Crippen LogP contribution in [0.25, 0.3) is 10.9 Å². The van der Waals surface area contributed by atoms with Crippen molar-refractivity contribution in [3.63, 3.8) is 0 Å². The lowest BCUT2D eigenvalue weighted by Gasteiger charge is -2.06. The summed E-state index contributed by atoms with van der Waals surface area (Å²) in [6, 6.07) is 2.98. The van der Waals surface area contributed by atoms with Gasteiger partial charge in [-0.2, -0.15) is 0 Å². The van der Waals surface area contributed by atoms with E-state index in [1.165, 1.54) is 7.11 Å². The second-order valence-corrected chi connectivity index (χ2v) is 3.77. The molecule has 0 bridgehead atoms. The van der Waals surface area contributed by atoms with Crippen molar-refractivity contribution in [1.82, 2.24) is 4.57 Å². The van der Waals surface area contributed by atoms with Gasteiger partial charge in [0.05, 0.1) is 4.92 Å². The minimum atomic E-state index is -1.32. The van der Waals surface area contributed by atoms with Crippen LogP contribution >= 0.6 is 0 Å². The lowest BCUT2D eigenvalue weighted by molar-refractivity contribution is -0.383. The number of aromatic nitrogens is 1. The van der Waals surface area contributed by atoms with Crippen molar-refractivity contribution in [2.24, 2.45) is 0 Å². The largest absolute Gasteiger partial charge is 0.477 e. The average Bonchev–Trinajstić information content (AvgIpc) is 2.71.